The topological polar surface area (TPSA) is 51.0 Å². The Balaban J connectivity index is 1.88. The highest BCUT2D eigenvalue weighted by molar-refractivity contribution is 6.30. The molecule has 27 heavy (non-hydrogen) atoms. The van der Waals surface area contributed by atoms with Gasteiger partial charge in [-0.1, -0.05) is 11.6 Å². The van der Waals surface area contributed by atoms with Crippen LogP contribution in [0.3, 0.4) is 0 Å². The highest BCUT2D eigenvalue weighted by Crippen LogP contribution is 2.24. The molecule has 0 aliphatic carbocycles. The van der Waals surface area contributed by atoms with Crippen molar-refractivity contribution in [1.82, 2.24) is 19.4 Å². The number of hydrogen-bond acceptors (Lipinski definition) is 3. The van der Waals surface area contributed by atoms with Crippen molar-refractivity contribution in [2.45, 2.75) is 33.4 Å². The number of imidazole rings is 1. The molecule has 0 saturated heterocycles. The van der Waals surface area contributed by atoms with Gasteiger partial charge < -0.3 is 9.47 Å². The van der Waals surface area contributed by atoms with E-state index in [2.05, 4.69) is 16.0 Å². The number of nitrogens with zero attached hydrogens (tertiary/aromatic N) is 4. The first kappa shape index (κ1) is 19.1. The van der Waals surface area contributed by atoms with Crippen molar-refractivity contribution in [3.63, 3.8) is 0 Å². The highest BCUT2D eigenvalue weighted by Gasteiger charge is 2.21. The summed E-state index contributed by atoms with van der Waals surface area (Å²) in [4.78, 5) is 23.3. The molecule has 2 aromatic heterocycles. The van der Waals surface area contributed by atoms with Crippen LogP contribution in [-0.2, 0) is 13.6 Å². The van der Waals surface area contributed by atoms with Crippen LogP contribution >= 0.6 is 11.6 Å². The summed E-state index contributed by atoms with van der Waals surface area (Å²) in [5.74, 6) is -0.0810. The van der Waals surface area contributed by atoms with E-state index in [0.717, 1.165) is 22.4 Å². The van der Waals surface area contributed by atoms with Crippen LogP contribution in [0.25, 0.3) is 11.3 Å². The lowest BCUT2D eigenvalue weighted by Crippen LogP contribution is -2.36. The van der Waals surface area contributed by atoms with Gasteiger partial charge in [-0.15, -0.1) is 0 Å². The summed E-state index contributed by atoms with van der Waals surface area (Å²) in [6.07, 6.45) is 5.15. The first-order chi connectivity index (χ1) is 12.8. The molecular weight excluding hydrogens is 360 g/mol. The average Bonchev–Trinajstić information content (AvgIpc) is 3.05. The third kappa shape index (κ3) is 4.55. The van der Waals surface area contributed by atoms with Crippen LogP contribution in [0.4, 0.5) is 0 Å². The number of hydrogen-bond donors (Lipinski definition) is 0. The van der Waals surface area contributed by atoms with Crippen molar-refractivity contribution in [1.29, 1.82) is 0 Å². The number of halogens is 1. The lowest BCUT2D eigenvalue weighted by Gasteiger charge is -2.26. The Morgan fingerprint density at radius 3 is 2.63 bits per heavy atom. The molecule has 0 aliphatic heterocycles. The van der Waals surface area contributed by atoms with Gasteiger partial charge in [0.05, 0.1) is 12.0 Å². The minimum absolute atomic E-state index is 0.0459. The SMILES string of the molecule is Cc1cc(Cl)cc(-c2cc(CN(C(=O)c3cn(C)cn3)C(C)C)ccn2)c1. The number of aryl methyl sites for hydroxylation is 2. The Hall–Kier alpha value is -2.66. The molecule has 3 rings (SSSR count). The quantitative estimate of drug-likeness (QED) is 0.653. The molecule has 5 nitrogen and oxygen atoms in total. The monoisotopic (exact) mass is 382 g/mol. The lowest BCUT2D eigenvalue weighted by molar-refractivity contribution is 0.0684. The second-order valence-electron chi connectivity index (χ2n) is 7.02. The van der Waals surface area contributed by atoms with E-state index in [9.17, 15) is 4.79 Å². The molecule has 0 N–H and O–H groups in total. The second-order valence-corrected chi connectivity index (χ2v) is 7.45. The van der Waals surface area contributed by atoms with Crippen molar-refractivity contribution in [3.05, 3.63) is 70.9 Å². The van der Waals surface area contributed by atoms with Gasteiger partial charge in [-0.25, -0.2) is 4.98 Å². The Kier molecular flexibility index (Phi) is 5.61. The maximum atomic E-state index is 12.9. The summed E-state index contributed by atoms with van der Waals surface area (Å²) in [6, 6.07) is 9.86. The van der Waals surface area contributed by atoms with Crippen LogP contribution in [0, 0.1) is 6.92 Å². The average molecular weight is 383 g/mol. The van der Waals surface area contributed by atoms with Crippen molar-refractivity contribution in [2.75, 3.05) is 0 Å². The fourth-order valence-electron chi connectivity index (χ4n) is 2.97. The summed E-state index contributed by atoms with van der Waals surface area (Å²) in [5, 5.41) is 0.686. The zero-order valence-corrected chi connectivity index (χ0v) is 16.7. The van der Waals surface area contributed by atoms with E-state index in [1.165, 1.54) is 0 Å². The largest absolute Gasteiger partial charge is 0.340 e. The number of rotatable bonds is 5. The maximum Gasteiger partial charge on any atom is 0.274 e. The first-order valence-electron chi connectivity index (χ1n) is 8.85. The number of pyridine rings is 1. The molecule has 0 fully saturated rings. The molecule has 0 atom stereocenters. The molecule has 0 unspecified atom stereocenters. The fraction of sp³-hybridized carbons (Fsp3) is 0.286. The molecular formula is C21H23ClN4O. The van der Waals surface area contributed by atoms with Gasteiger partial charge in [0, 0.05) is 42.6 Å². The third-order valence-electron chi connectivity index (χ3n) is 4.32. The van der Waals surface area contributed by atoms with Crippen LogP contribution in [0.1, 0.15) is 35.5 Å². The second kappa shape index (κ2) is 7.92. The summed E-state index contributed by atoms with van der Waals surface area (Å²) >= 11 is 6.19. The number of benzene rings is 1. The number of carbonyl (C=O) groups excluding carboxylic acids is 1. The predicted octanol–water partition coefficient (Wildman–Crippen LogP) is 4.49. The van der Waals surface area contributed by atoms with Crippen molar-refractivity contribution in [3.8, 4) is 11.3 Å². The van der Waals surface area contributed by atoms with Crippen LogP contribution in [0.15, 0.2) is 49.1 Å². The standard InChI is InChI=1S/C21H23ClN4O/c1-14(2)26(21(27)20-12-25(4)13-24-20)11-16-5-6-23-19(9-16)17-7-15(3)8-18(22)10-17/h5-10,12-14H,11H2,1-4H3. The predicted molar refractivity (Wildman–Crippen MR) is 108 cm³/mol. The minimum atomic E-state index is -0.0810. The summed E-state index contributed by atoms with van der Waals surface area (Å²) in [6.45, 7) is 6.50. The van der Waals surface area contributed by atoms with E-state index in [1.54, 1.807) is 23.3 Å². The molecule has 0 saturated carbocycles. The smallest absolute Gasteiger partial charge is 0.274 e. The minimum Gasteiger partial charge on any atom is -0.340 e. The molecule has 3 aromatic rings. The van der Waals surface area contributed by atoms with E-state index >= 15 is 0 Å². The van der Waals surface area contributed by atoms with Gasteiger partial charge in [0.2, 0.25) is 0 Å². The zero-order valence-electron chi connectivity index (χ0n) is 16.0. The highest BCUT2D eigenvalue weighted by atomic mass is 35.5. The zero-order chi connectivity index (χ0) is 19.6. The Morgan fingerprint density at radius 1 is 1.22 bits per heavy atom. The Bertz CT molecular complexity index is 944. The van der Waals surface area contributed by atoms with Gasteiger partial charge in [-0.3, -0.25) is 9.78 Å². The summed E-state index contributed by atoms with van der Waals surface area (Å²) in [5.41, 5.74) is 4.35. The van der Waals surface area contributed by atoms with Crippen molar-refractivity contribution in [2.24, 2.45) is 7.05 Å². The third-order valence-corrected chi connectivity index (χ3v) is 4.54. The molecule has 0 radical (unpaired) electrons. The van der Waals surface area contributed by atoms with E-state index in [-0.39, 0.29) is 11.9 Å². The number of aromatic nitrogens is 3. The van der Waals surface area contributed by atoms with E-state index in [1.807, 2.05) is 57.0 Å². The van der Waals surface area contributed by atoms with Crippen molar-refractivity contribution >= 4 is 17.5 Å². The number of carbonyl (C=O) groups is 1. The van der Waals surface area contributed by atoms with Crippen LogP contribution in [-0.4, -0.2) is 31.4 Å². The Labute approximate surface area is 164 Å². The number of amides is 1. The van der Waals surface area contributed by atoms with Gasteiger partial charge in [-0.2, -0.15) is 0 Å². The van der Waals surface area contributed by atoms with Gasteiger partial charge in [0.1, 0.15) is 5.69 Å². The van der Waals surface area contributed by atoms with Gasteiger partial charge in [0.25, 0.3) is 5.91 Å². The van der Waals surface area contributed by atoms with Crippen LogP contribution < -0.4 is 0 Å². The van der Waals surface area contributed by atoms with E-state index in [4.69, 9.17) is 11.6 Å². The van der Waals surface area contributed by atoms with Gasteiger partial charge >= 0.3 is 0 Å². The molecule has 2 heterocycles. The van der Waals surface area contributed by atoms with Crippen molar-refractivity contribution < 1.29 is 4.79 Å². The van der Waals surface area contributed by atoms with E-state index in [0.29, 0.717) is 17.3 Å². The molecule has 0 aliphatic rings. The summed E-state index contributed by atoms with van der Waals surface area (Å²) in [7, 11) is 1.85. The van der Waals surface area contributed by atoms with Crippen LogP contribution in [0.2, 0.25) is 5.02 Å². The van der Waals surface area contributed by atoms with Gasteiger partial charge in [-0.05, 0) is 62.2 Å². The first-order valence-corrected chi connectivity index (χ1v) is 9.22. The van der Waals surface area contributed by atoms with Crippen LogP contribution in [0.5, 0.6) is 0 Å². The maximum absolute atomic E-state index is 12.9. The molecule has 1 aromatic carbocycles. The van der Waals surface area contributed by atoms with Gasteiger partial charge in [0.15, 0.2) is 0 Å². The summed E-state index contributed by atoms with van der Waals surface area (Å²) < 4.78 is 1.78. The molecule has 140 valence electrons. The molecule has 0 spiro atoms. The lowest BCUT2D eigenvalue weighted by atomic mass is 10.1. The fourth-order valence-corrected chi connectivity index (χ4v) is 3.26. The Morgan fingerprint density at radius 2 is 2.00 bits per heavy atom. The van der Waals surface area contributed by atoms with E-state index < -0.39 is 0 Å². The molecule has 6 heteroatoms. The molecule has 0 bridgehead atoms. The molecule has 1 amide bonds. The normalized spacial score (nSPS) is 11.0.